The van der Waals surface area contributed by atoms with Crippen LogP contribution < -0.4 is 10.6 Å². The van der Waals surface area contributed by atoms with Gasteiger partial charge in [0.1, 0.15) is 6.04 Å². The topological polar surface area (TPSA) is 71.8 Å². The quantitative estimate of drug-likeness (QED) is 0.392. The van der Waals surface area contributed by atoms with Gasteiger partial charge in [0.15, 0.2) is 5.82 Å². The van der Waals surface area contributed by atoms with Crippen molar-refractivity contribution in [2.24, 2.45) is 0 Å². The maximum atomic E-state index is 13.4. The zero-order valence-electron chi connectivity index (χ0n) is 17.3. The third-order valence-electron chi connectivity index (χ3n) is 5.35. The van der Waals surface area contributed by atoms with Crippen LogP contribution in [-0.2, 0) is 4.79 Å². The number of hydrogen-bond acceptors (Lipinski definition) is 4. The zero-order chi connectivity index (χ0) is 22.1. The summed E-state index contributed by atoms with van der Waals surface area (Å²) in [6.45, 7) is 1.89. The summed E-state index contributed by atoms with van der Waals surface area (Å²) >= 11 is 3.50. The highest BCUT2D eigenvalue weighted by molar-refractivity contribution is 9.10. The van der Waals surface area contributed by atoms with Crippen LogP contribution in [0.25, 0.3) is 11.4 Å². The number of fused-ring (bicyclic) bond motifs is 1. The molecule has 0 saturated carbocycles. The van der Waals surface area contributed by atoms with Crippen LogP contribution in [0.5, 0.6) is 0 Å². The fourth-order valence-electron chi connectivity index (χ4n) is 3.83. The van der Waals surface area contributed by atoms with Gasteiger partial charge in [-0.3, -0.25) is 4.79 Å². The number of benzene rings is 3. The maximum Gasteiger partial charge on any atom is 0.255 e. The predicted octanol–water partition coefficient (Wildman–Crippen LogP) is 5.64. The molecule has 0 aliphatic carbocycles. The van der Waals surface area contributed by atoms with Crippen LogP contribution in [0.2, 0.25) is 0 Å². The van der Waals surface area contributed by atoms with E-state index in [1.807, 2.05) is 91.9 Å². The van der Waals surface area contributed by atoms with Gasteiger partial charge >= 0.3 is 0 Å². The Morgan fingerprint density at radius 3 is 2.31 bits per heavy atom. The number of allylic oxidation sites excluding steroid dienone is 1. The Bertz CT molecular complexity index is 1300. The first-order valence-corrected chi connectivity index (χ1v) is 11.0. The lowest BCUT2D eigenvalue weighted by Gasteiger charge is -2.28. The molecule has 1 aromatic heterocycles. The number of carbonyl (C=O) groups excluding carboxylic acids is 1. The number of halogens is 1. The van der Waals surface area contributed by atoms with E-state index in [4.69, 9.17) is 10.1 Å². The van der Waals surface area contributed by atoms with Crippen molar-refractivity contribution in [2.45, 2.75) is 13.0 Å². The summed E-state index contributed by atoms with van der Waals surface area (Å²) < 4.78 is 2.76. The number of rotatable bonds is 4. The van der Waals surface area contributed by atoms with E-state index >= 15 is 0 Å². The lowest BCUT2D eigenvalue weighted by molar-refractivity contribution is -0.113. The van der Waals surface area contributed by atoms with Crippen molar-refractivity contribution in [3.8, 4) is 11.4 Å². The van der Waals surface area contributed by atoms with Crippen molar-refractivity contribution in [2.75, 3.05) is 10.6 Å². The zero-order valence-corrected chi connectivity index (χ0v) is 18.9. The highest BCUT2D eigenvalue weighted by Crippen LogP contribution is 2.37. The smallest absolute Gasteiger partial charge is 0.255 e. The first-order chi connectivity index (χ1) is 15.6. The molecule has 0 saturated heterocycles. The molecule has 1 amide bonds. The molecule has 3 aromatic carbocycles. The Balaban J connectivity index is 1.60. The second-order valence-electron chi connectivity index (χ2n) is 7.51. The van der Waals surface area contributed by atoms with Crippen LogP contribution in [0.4, 0.5) is 11.6 Å². The Kier molecular flexibility index (Phi) is 5.33. The van der Waals surface area contributed by atoms with Gasteiger partial charge < -0.3 is 10.6 Å². The third-order valence-corrected chi connectivity index (χ3v) is 5.88. The van der Waals surface area contributed by atoms with Gasteiger partial charge in [0, 0.05) is 21.4 Å². The average Bonchev–Trinajstić information content (AvgIpc) is 3.23. The Hall–Kier alpha value is -3.71. The molecule has 2 heterocycles. The minimum atomic E-state index is -0.423. The number of carbonyl (C=O) groups is 1. The summed E-state index contributed by atoms with van der Waals surface area (Å²) in [7, 11) is 0. The number of hydrogen-bond donors (Lipinski definition) is 2. The molecule has 0 spiro atoms. The maximum absolute atomic E-state index is 13.4. The van der Waals surface area contributed by atoms with Crippen molar-refractivity contribution >= 4 is 33.5 Å². The largest absolute Gasteiger partial charge is 0.328 e. The molecule has 6 nitrogen and oxygen atoms in total. The van der Waals surface area contributed by atoms with Crippen molar-refractivity contribution < 1.29 is 4.79 Å². The van der Waals surface area contributed by atoms with E-state index < -0.39 is 6.04 Å². The normalized spacial score (nSPS) is 15.1. The molecule has 158 valence electrons. The number of anilines is 2. The molecular weight excluding hydrogens is 466 g/mol. The van der Waals surface area contributed by atoms with E-state index in [9.17, 15) is 4.79 Å². The third kappa shape index (κ3) is 3.83. The summed E-state index contributed by atoms with van der Waals surface area (Å²) in [6.07, 6.45) is 0. The van der Waals surface area contributed by atoms with Crippen LogP contribution in [-0.4, -0.2) is 20.7 Å². The summed E-state index contributed by atoms with van der Waals surface area (Å²) in [4.78, 5) is 18.1. The SMILES string of the molecule is CC1=C(C(=O)Nc2ccccc2)[C@H](c2ccc(Br)cc2)n2nc(-c3ccccc3)nc2N1. The van der Waals surface area contributed by atoms with Gasteiger partial charge in [-0.05, 0) is 36.8 Å². The van der Waals surface area contributed by atoms with Crippen molar-refractivity contribution in [3.05, 3.63) is 106 Å². The molecule has 0 unspecified atom stereocenters. The van der Waals surface area contributed by atoms with Crippen LogP contribution in [0.1, 0.15) is 18.5 Å². The van der Waals surface area contributed by atoms with E-state index in [1.165, 1.54) is 0 Å². The Morgan fingerprint density at radius 1 is 0.969 bits per heavy atom. The Labute approximate surface area is 194 Å². The molecule has 1 aliphatic rings. The first kappa shape index (κ1) is 20.2. The predicted molar refractivity (Wildman–Crippen MR) is 129 cm³/mol. The van der Waals surface area contributed by atoms with Crippen LogP contribution in [0.3, 0.4) is 0 Å². The van der Waals surface area contributed by atoms with Crippen molar-refractivity contribution in [1.29, 1.82) is 0 Å². The standard InChI is InChI=1S/C25H20BrN5O/c1-16-21(24(32)28-20-10-6-3-7-11-20)22(17-12-14-19(26)15-13-17)31-25(27-16)29-23(30-31)18-8-4-2-5-9-18/h2-15,22H,1H3,(H,28,32)(H,27,29,30)/t22-/m0/s1. The number of amides is 1. The molecule has 7 heteroatoms. The minimum absolute atomic E-state index is 0.184. The van der Waals surface area contributed by atoms with Gasteiger partial charge in [-0.15, -0.1) is 5.10 Å². The Morgan fingerprint density at radius 2 is 1.62 bits per heavy atom. The van der Waals surface area contributed by atoms with E-state index in [0.29, 0.717) is 17.3 Å². The lowest BCUT2D eigenvalue weighted by atomic mass is 9.95. The van der Waals surface area contributed by atoms with Gasteiger partial charge in [-0.25, -0.2) is 4.68 Å². The van der Waals surface area contributed by atoms with E-state index in [1.54, 1.807) is 4.68 Å². The van der Waals surface area contributed by atoms with Crippen molar-refractivity contribution in [1.82, 2.24) is 14.8 Å². The fourth-order valence-corrected chi connectivity index (χ4v) is 4.09. The van der Waals surface area contributed by atoms with E-state index in [-0.39, 0.29) is 5.91 Å². The van der Waals surface area contributed by atoms with Gasteiger partial charge in [0.25, 0.3) is 5.91 Å². The van der Waals surface area contributed by atoms with Crippen LogP contribution in [0.15, 0.2) is 101 Å². The van der Waals surface area contributed by atoms with Gasteiger partial charge in [0.05, 0.1) is 5.57 Å². The first-order valence-electron chi connectivity index (χ1n) is 10.2. The summed E-state index contributed by atoms with van der Waals surface area (Å²) in [5, 5.41) is 11.1. The second-order valence-corrected chi connectivity index (χ2v) is 8.42. The average molecular weight is 486 g/mol. The number of aromatic nitrogens is 3. The number of nitrogens with zero attached hydrogens (tertiary/aromatic N) is 3. The second kappa shape index (κ2) is 8.43. The summed E-state index contributed by atoms with van der Waals surface area (Å²) in [5.41, 5.74) is 3.93. The number of para-hydroxylation sites is 1. The molecular formula is C25H20BrN5O. The molecule has 0 radical (unpaired) electrons. The van der Waals surface area contributed by atoms with Gasteiger partial charge in [-0.1, -0.05) is 76.6 Å². The lowest BCUT2D eigenvalue weighted by Crippen LogP contribution is -2.31. The van der Waals surface area contributed by atoms with E-state index in [0.717, 1.165) is 27.0 Å². The number of nitrogens with one attached hydrogen (secondary N) is 2. The molecule has 0 fully saturated rings. The molecule has 1 aliphatic heterocycles. The minimum Gasteiger partial charge on any atom is -0.328 e. The highest BCUT2D eigenvalue weighted by Gasteiger charge is 2.34. The molecule has 2 N–H and O–H groups in total. The molecule has 1 atom stereocenters. The molecule has 32 heavy (non-hydrogen) atoms. The van der Waals surface area contributed by atoms with Crippen molar-refractivity contribution in [3.63, 3.8) is 0 Å². The molecule has 5 rings (SSSR count). The van der Waals surface area contributed by atoms with Gasteiger partial charge in [-0.2, -0.15) is 4.98 Å². The molecule has 4 aromatic rings. The monoisotopic (exact) mass is 485 g/mol. The van der Waals surface area contributed by atoms with Crippen LogP contribution in [0, 0.1) is 0 Å². The summed E-state index contributed by atoms with van der Waals surface area (Å²) in [5.74, 6) is 1.02. The van der Waals surface area contributed by atoms with Gasteiger partial charge in [0.2, 0.25) is 5.95 Å². The van der Waals surface area contributed by atoms with Crippen LogP contribution >= 0.6 is 15.9 Å². The summed E-state index contributed by atoms with van der Waals surface area (Å²) in [6, 6.07) is 26.8. The molecule has 0 bridgehead atoms. The fraction of sp³-hybridized carbons (Fsp3) is 0.0800. The highest BCUT2D eigenvalue weighted by atomic mass is 79.9. The van der Waals surface area contributed by atoms with E-state index in [2.05, 4.69) is 26.6 Å².